The molecule has 2 rings (SSSR count). The summed E-state index contributed by atoms with van der Waals surface area (Å²) in [5.74, 6) is -1.75. The molecule has 0 saturated carbocycles. The number of anilines is 1. The Labute approximate surface area is 157 Å². The first-order valence-electron chi connectivity index (χ1n) is 8.05. The molecular formula is C19H20N2O4S. The maximum Gasteiger partial charge on any atom is 0.322 e. The van der Waals surface area contributed by atoms with E-state index in [9.17, 15) is 14.4 Å². The van der Waals surface area contributed by atoms with Gasteiger partial charge in [-0.2, -0.15) is 12.6 Å². The minimum Gasteiger partial charge on any atom is -0.480 e. The summed E-state index contributed by atoms with van der Waals surface area (Å²) in [4.78, 5) is 35.0. The van der Waals surface area contributed by atoms with Gasteiger partial charge in [-0.1, -0.05) is 36.4 Å². The van der Waals surface area contributed by atoms with Crippen LogP contribution in [0.2, 0.25) is 0 Å². The van der Waals surface area contributed by atoms with E-state index in [1.165, 1.54) is 6.07 Å². The fraction of sp³-hybridized carbons (Fsp3) is 0.211. The first kappa shape index (κ1) is 19.5. The third-order valence-corrected chi connectivity index (χ3v) is 4.15. The lowest BCUT2D eigenvalue weighted by molar-refractivity contribution is -0.135. The molecule has 0 aromatic heterocycles. The van der Waals surface area contributed by atoms with Crippen LogP contribution in [0.5, 0.6) is 0 Å². The molecule has 0 radical (unpaired) electrons. The fourth-order valence-electron chi connectivity index (χ4n) is 2.38. The number of nitrogens with one attached hydrogen (secondary N) is 2. The number of benzene rings is 2. The molecule has 136 valence electrons. The molecule has 2 aromatic carbocycles. The second-order valence-electron chi connectivity index (χ2n) is 5.72. The molecule has 0 heterocycles. The van der Waals surface area contributed by atoms with Crippen molar-refractivity contribution >= 4 is 36.1 Å². The van der Waals surface area contributed by atoms with Crippen molar-refractivity contribution < 1.29 is 19.5 Å². The van der Waals surface area contributed by atoms with Crippen LogP contribution >= 0.6 is 12.6 Å². The van der Waals surface area contributed by atoms with E-state index in [2.05, 4.69) is 23.3 Å². The molecule has 6 nitrogen and oxygen atoms in total. The quantitative estimate of drug-likeness (QED) is 0.535. The van der Waals surface area contributed by atoms with Gasteiger partial charge in [0, 0.05) is 17.0 Å². The number of amides is 2. The minimum atomic E-state index is -1.12. The lowest BCUT2D eigenvalue weighted by Gasteiger charge is -2.15. The Hall–Kier alpha value is -2.80. The maximum absolute atomic E-state index is 12.5. The lowest BCUT2D eigenvalue weighted by Crippen LogP contribution is -2.29. The standard InChI is InChI=1S/C19H20N2O4S/c22-17(23)11-20-18(24)14-7-4-8-16(10-14)21-19(25)15(12-26)9-13-5-2-1-3-6-13/h1-8,10,15,26H,9,11-12H2,(H,20,24)(H,21,25)(H,22,23). The summed E-state index contributed by atoms with van der Waals surface area (Å²) in [6.07, 6.45) is 0.564. The van der Waals surface area contributed by atoms with Crippen molar-refractivity contribution in [3.63, 3.8) is 0 Å². The van der Waals surface area contributed by atoms with Gasteiger partial charge in [-0.15, -0.1) is 0 Å². The zero-order valence-electron chi connectivity index (χ0n) is 14.0. The van der Waals surface area contributed by atoms with Gasteiger partial charge in [0.2, 0.25) is 5.91 Å². The van der Waals surface area contributed by atoms with Crippen molar-refractivity contribution in [3.05, 3.63) is 65.7 Å². The summed E-state index contributed by atoms with van der Waals surface area (Å²) >= 11 is 4.27. The Bertz CT molecular complexity index is 780. The predicted octanol–water partition coefficient (Wildman–Crippen LogP) is 2.23. The number of aliphatic carboxylic acids is 1. The van der Waals surface area contributed by atoms with Gasteiger partial charge in [-0.3, -0.25) is 14.4 Å². The molecule has 0 fully saturated rings. The Balaban J connectivity index is 2.02. The highest BCUT2D eigenvalue weighted by atomic mass is 32.1. The van der Waals surface area contributed by atoms with E-state index in [1.54, 1.807) is 18.2 Å². The third kappa shape index (κ3) is 5.93. The summed E-state index contributed by atoms with van der Waals surface area (Å²) < 4.78 is 0. The van der Waals surface area contributed by atoms with Crippen LogP contribution < -0.4 is 10.6 Å². The second-order valence-corrected chi connectivity index (χ2v) is 6.08. The molecule has 2 aromatic rings. The smallest absolute Gasteiger partial charge is 0.322 e. The van der Waals surface area contributed by atoms with E-state index < -0.39 is 18.4 Å². The highest BCUT2D eigenvalue weighted by molar-refractivity contribution is 7.80. The van der Waals surface area contributed by atoms with Gasteiger partial charge in [0.25, 0.3) is 5.91 Å². The Kier molecular flexibility index (Phi) is 7.23. The minimum absolute atomic E-state index is 0.188. The van der Waals surface area contributed by atoms with Crippen molar-refractivity contribution in [3.8, 4) is 0 Å². The van der Waals surface area contributed by atoms with Crippen LogP contribution in [0, 0.1) is 5.92 Å². The SMILES string of the molecule is O=C(O)CNC(=O)c1cccc(NC(=O)C(CS)Cc2ccccc2)c1. The van der Waals surface area contributed by atoms with Crippen LogP contribution in [0.3, 0.4) is 0 Å². The molecule has 0 aliphatic heterocycles. The van der Waals surface area contributed by atoms with Gasteiger partial charge < -0.3 is 15.7 Å². The molecule has 26 heavy (non-hydrogen) atoms. The van der Waals surface area contributed by atoms with Gasteiger partial charge in [-0.25, -0.2) is 0 Å². The first-order chi connectivity index (χ1) is 12.5. The Morgan fingerprint density at radius 1 is 1.04 bits per heavy atom. The molecule has 1 atom stereocenters. The van der Waals surface area contributed by atoms with Crippen molar-refractivity contribution in [2.24, 2.45) is 5.92 Å². The molecule has 0 aliphatic rings. The van der Waals surface area contributed by atoms with Crippen LogP contribution in [0.15, 0.2) is 54.6 Å². The molecule has 3 N–H and O–H groups in total. The maximum atomic E-state index is 12.5. The van der Waals surface area contributed by atoms with Gasteiger partial charge in [0.1, 0.15) is 6.54 Å². The lowest BCUT2D eigenvalue weighted by atomic mass is 10.00. The van der Waals surface area contributed by atoms with E-state index in [0.717, 1.165) is 5.56 Å². The largest absolute Gasteiger partial charge is 0.480 e. The monoisotopic (exact) mass is 372 g/mol. The third-order valence-electron chi connectivity index (χ3n) is 3.71. The van der Waals surface area contributed by atoms with Crippen LogP contribution in [0.1, 0.15) is 15.9 Å². The van der Waals surface area contributed by atoms with Crippen LogP contribution in [0.25, 0.3) is 0 Å². The van der Waals surface area contributed by atoms with Crippen LogP contribution in [-0.2, 0) is 16.0 Å². The zero-order chi connectivity index (χ0) is 18.9. The Morgan fingerprint density at radius 3 is 2.42 bits per heavy atom. The molecule has 7 heteroatoms. The zero-order valence-corrected chi connectivity index (χ0v) is 14.9. The second kappa shape index (κ2) is 9.62. The molecule has 1 unspecified atom stereocenters. The molecular weight excluding hydrogens is 352 g/mol. The van der Waals surface area contributed by atoms with Crippen molar-refractivity contribution in [1.29, 1.82) is 0 Å². The van der Waals surface area contributed by atoms with Crippen LogP contribution in [-0.4, -0.2) is 35.2 Å². The number of thiol groups is 1. The molecule has 0 spiro atoms. The number of carboxylic acids is 1. The van der Waals surface area contributed by atoms with E-state index in [4.69, 9.17) is 5.11 Å². The van der Waals surface area contributed by atoms with Crippen LogP contribution in [0.4, 0.5) is 5.69 Å². The number of hydrogen-bond acceptors (Lipinski definition) is 4. The highest BCUT2D eigenvalue weighted by Gasteiger charge is 2.18. The van der Waals surface area contributed by atoms with Gasteiger partial charge in [-0.05, 0) is 30.2 Å². The van der Waals surface area contributed by atoms with E-state index in [0.29, 0.717) is 17.9 Å². The van der Waals surface area contributed by atoms with E-state index in [1.807, 2.05) is 30.3 Å². The molecule has 2 amide bonds. The predicted molar refractivity (Wildman–Crippen MR) is 103 cm³/mol. The van der Waals surface area contributed by atoms with Gasteiger partial charge >= 0.3 is 5.97 Å². The van der Waals surface area contributed by atoms with Crippen molar-refractivity contribution in [1.82, 2.24) is 5.32 Å². The molecule has 0 saturated heterocycles. The first-order valence-corrected chi connectivity index (χ1v) is 8.68. The van der Waals surface area contributed by atoms with Gasteiger partial charge in [0.05, 0.1) is 5.92 Å². The van der Waals surface area contributed by atoms with Gasteiger partial charge in [0.15, 0.2) is 0 Å². The fourth-order valence-corrected chi connectivity index (χ4v) is 2.67. The molecule has 0 bridgehead atoms. The summed E-state index contributed by atoms with van der Waals surface area (Å²) in [6, 6.07) is 16.0. The topological polar surface area (TPSA) is 95.5 Å². The number of carbonyl (C=O) groups excluding carboxylic acids is 2. The van der Waals surface area contributed by atoms with E-state index in [-0.39, 0.29) is 17.4 Å². The summed E-state index contributed by atoms with van der Waals surface area (Å²) in [6.45, 7) is -0.464. The summed E-state index contributed by atoms with van der Waals surface area (Å²) in [7, 11) is 0. The van der Waals surface area contributed by atoms with Crippen molar-refractivity contribution in [2.75, 3.05) is 17.6 Å². The molecule has 0 aliphatic carbocycles. The number of rotatable bonds is 8. The summed E-state index contributed by atoms with van der Waals surface area (Å²) in [5.41, 5.74) is 1.79. The normalized spacial score (nSPS) is 11.4. The average molecular weight is 372 g/mol. The highest BCUT2D eigenvalue weighted by Crippen LogP contribution is 2.16. The summed E-state index contributed by atoms with van der Waals surface area (Å²) in [5, 5.41) is 13.7. The number of carboxylic acid groups (broad SMARTS) is 1. The Morgan fingerprint density at radius 2 is 1.77 bits per heavy atom. The number of carbonyl (C=O) groups is 3. The van der Waals surface area contributed by atoms with Crippen molar-refractivity contribution in [2.45, 2.75) is 6.42 Å². The number of hydrogen-bond donors (Lipinski definition) is 4. The van der Waals surface area contributed by atoms with E-state index >= 15 is 0 Å². The average Bonchev–Trinajstić information content (AvgIpc) is 2.65.